The van der Waals surface area contributed by atoms with Gasteiger partial charge < -0.3 is 15.4 Å². The van der Waals surface area contributed by atoms with Gasteiger partial charge in [0.1, 0.15) is 12.5 Å². The Bertz CT molecular complexity index is 542. The molecule has 0 bridgehead atoms. The van der Waals surface area contributed by atoms with Gasteiger partial charge in [0, 0.05) is 18.8 Å². The normalized spacial score (nSPS) is 17.0. The largest absolute Gasteiger partial charge is 0.368 e. The van der Waals surface area contributed by atoms with Crippen LogP contribution >= 0.6 is 0 Å². The number of carbonyl (C=O) groups excluding carboxylic acids is 2. The van der Waals surface area contributed by atoms with E-state index in [1.165, 1.54) is 0 Å². The van der Waals surface area contributed by atoms with Crippen molar-refractivity contribution < 1.29 is 14.3 Å². The Labute approximate surface area is 123 Å². The second-order valence-electron chi connectivity index (χ2n) is 4.80. The van der Waals surface area contributed by atoms with Crippen LogP contribution in [0.1, 0.15) is 24.8 Å². The molecule has 0 aromatic heterocycles. The first-order valence-corrected chi connectivity index (χ1v) is 6.84. The predicted molar refractivity (Wildman–Crippen MR) is 76.1 cm³/mol. The van der Waals surface area contributed by atoms with Crippen LogP contribution in [0.3, 0.4) is 0 Å². The molecule has 1 heterocycles. The van der Waals surface area contributed by atoms with Gasteiger partial charge in [-0.15, -0.1) is 0 Å². The fourth-order valence-corrected chi connectivity index (χ4v) is 2.05. The lowest BCUT2D eigenvalue weighted by Crippen LogP contribution is -2.26. The summed E-state index contributed by atoms with van der Waals surface area (Å²) < 4.78 is 5.31. The molecule has 1 aliphatic rings. The van der Waals surface area contributed by atoms with Crippen LogP contribution in [0.15, 0.2) is 24.3 Å². The van der Waals surface area contributed by atoms with E-state index in [9.17, 15) is 9.59 Å². The summed E-state index contributed by atoms with van der Waals surface area (Å²) in [5, 5.41) is 13.8. The predicted octanol–water partition coefficient (Wildman–Crippen LogP) is 1.33. The van der Waals surface area contributed by atoms with Crippen molar-refractivity contribution in [3.8, 4) is 6.07 Å². The van der Waals surface area contributed by atoms with Crippen molar-refractivity contribution in [2.24, 2.45) is 0 Å². The van der Waals surface area contributed by atoms with E-state index in [1.54, 1.807) is 18.2 Å². The van der Waals surface area contributed by atoms with Gasteiger partial charge in [0.2, 0.25) is 5.91 Å². The van der Waals surface area contributed by atoms with Crippen LogP contribution in [0.4, 0.5) is 5.69 Å². The fourth-order valence-electron chi connectivity index (χ4n) is 2.05. The van der Waals surface area contributed by atoms with Gasteiger partial charge >= 0.3 is 0 Å². The van der Waals surface area contributed by atoms with Crippen LogP contribution in [0.25, 0.3) is 0 Å². The molecule has 2 rings (SSSR count). The number of nitriles is 1. The van der Waals surface area contributed by atoms with Crippen LogP contribution < -0.4 is 10.6 Å². The lowest BCUT2D eigenvalue weighted by atomic mass is 10.2. The van der Waals surface area contributed by atoms with E-state index in [0.29, 0.717) is 18.8 Å². The molecule has 1 aromatic carbocycles. The maximum absolute atomic E-state index is 11.9. The average molecular weight is 287 g/mol. The van der Waals surface area contributed by atoms with Crippen molar-refractivity contribution in [2.75, 3.05) is 11.9 Å². The van der Waals surface area contributed by atoms with Crippen molar-refractivity contribution in [2.45, 2.75) is 31.9 Å². The average Bonchev–Trinajstić information content (AvgIpc) is 3.01. The smallest absolute Gasteiger partial charge is 0.253 e. The first-order chi connectivity index (χ1) is 10.2. The maximum atomic E-state index is 11.9. The summed E-state index contributed by atoms with van der Waals surface area (Å²) in [6.45, 7) is 1.000. The first-order valence-electron chi connectivity index (χ1n) is 6.84. The molecule has 6 heteroatoms. The van der Waals surface area contributed by atoms with Crippen LogP contribution in [-0.4, -0.2) is 24.5 Å². The van der Waals surface area contributed by atoms with Gasteiger partial charge in [-0.3, -0.25) is 9.59 Å². The molecule has 1 fully saturated rings. The molecule has 0 radical (unpaired) electrons. The third-order valence-electron chi connectivity index (χ3n) is 3.17. The Morgan fingerprint density at radius 3 is 2.71 bits per heavy atom. The Balaban J connectivity index is 1.82. The standard InChI is InChI=1S/C15H17N3O3/c16-8-7-14(19)17-10-11-3-5-12(6-4-11)18-15(20)13-2-1-9-21-13/h3-6,13H,1-2,7,9-10H2,(H,17,19)(H,18,20). The number of hydrogen-bond donors (Lipinski definition) is 2. The molecule has 1 aliphatic heterocycles. The first kappa shape index (κ1) is 15.0. The highest BCUT2D eigenvalue weighted by atomic mass is 16.5. The summed E-state index contributed by atoms with van der Waals surface area (Å²) in [5.74, 6) is -0.421. The molecule has 21 heavy (non-hydrogen) atoms. The maximum Gasteiger partial charge on any atom is 0.253 e. The van der Waals surface area contributed by atoms with Crippen molar-refractivity contribution in [1.82, 2.24) is 5.32 Å². The van der Waals surface area contributed by atoms with Crippen LogP contribution in [0.2, 0.25) is 0 Å². The van der Waals surface area contributed by atoms with Crippen LogP contribution in [-0.2, 0) is 20.9 Å². The summed E-state index contributed by atoms with van der Waals surface area (Å²) >= 11 is 0. The van der Waals surface area contributed by atoms with E-state index in [2.05, 4.69) is 10.6 Å². The van der Waals surface area contributed by atoms with Gasteiger partial charge in [-0.25, -0.2) is 0 Å². The SMILES string of the molecule is N#CCC(=O)NCc1ccc(NC(=O)C2CCCO2)cc1. The third-order valence-corrected chi connectivity index (χ3v) is 3.17. The third kappa shape index (κ3) is 4.58. The molecule has 1 unspecified atom stereocenters. The van der Waals surface area contributed by atoms with Crippen molar-refractivity contribution in [1.29, 1.82) is 5.26 Å². The molecule has 1 saturated heterocycles. The minimum Gasteiger partial charge on any atom is -0.368 e. The number of benzene rings is 1. The highest BCUT2D eigenvalue weighted by Crippen LogP contribution is 2.15. The quantitative estimate of drug-likeness (QED) is 0.854. The minimum absolute atomic E-state index is 0.123. The van der Waals surface area contributed by atoms with E-state index in [-0.39, 0.29) is 24.3 Å². The second kappa shape index (κ2) is 7.41. The summed E-state index contributed by atoms with van der Waals surface area (Å²) in [5.41, 5.74) is 1.60. The minimum atomic E-state index is -0.352. The molecule has 1 aromatic rings. The zero-order valence-electron chi connectivity index (χ0n) is 11.6. The van der Waals surface area contributed by atoms with Gasteiger partial charge in [-0.1, -0.05) is 12.1 Å². The number of rotatable bonds is 5. The van der Waals surface area contributed by atoms with Crippen LogP contribution in [0.5, 0.6) is 0 Å². The number of hydrogen-bond acceptors (Lipinski definition) is 4. The lowest BCUT2D eigenvalue weighted by molar-refractivity contribution is -0.124. The molecular weight excluding hydrogens is 270 g/mol. The highest BCUT2D eigenvalue weighted by Gasteiger charge is 2.23. The van der Waals surface area contributed by atoms with Crippen molar-refractivity contribution in [3.05, 3.63) is 29.8 Å². The molecule has 0 aliphatic carbocycles. The molecule has 110 valence electrons. The molecule has 2 N–H and O–H groups in total. The summed E-state index contributed by atoms with van der Waals surface area (Å²) in [6, 6.07) is 8.98. The van der Waals surface area contributed by atoms with Crippen molar-refractivity contribution in [3.63, 3.8) is 0 Å². The lowest BCUT2D eigenvalue weighted by Gasteiger charge is -2.11. The number of ether oxygens (including phenoxy) is 1. The number of anilines is 1. The van der Waals surface area contributed by atoms with Gasteiger partial charge in [0.25, 0.3) is 5.91 Å². The van der Waals surface area contributed by atoms with E-state index in [0.717, 1.165) is 18.4 Å². The Morgan fingerprint density at radius 1 is 1.33 bits per heavy atom. The zero-order chi connectivity index (χ0) is 15.1. The highest BCUT2D eigenvalue weighted by molar-refractivity contribution is 5.94. The Kier molecular flexibility index (Phi) is 5.29. The summed E-state index contributed by atoms with van der Waals surface area (Å²) in [4.78, 5) is 23.0. The molecule has 1 atom stereocenters. The van der Waals surface area contributed by atoms with E-state index >= 15 is 0 Å². The zero-order valence-corrected chi connectivity index (χ0v) is 11.6. The molecule has 2 amide bonds. The summed E-state index contributed by atoms with van der Waals surface area (Å²) in [6.07, 6.45) is 1.18. The van der Waals surface area contributed by atoms with Crippen molar-refractivity contribution >= 4 is 17.5 Å². The number of nitrogens with zero attached hydrogens (tertiary/aromatic N) is 1. The van der Waals surface area contributed by atoms with Gasteiger partial charge in [-0.05, 0) is 30.5 Å². The topological polar surface area (TPSA) is 91.2 Å². The molecule has 0 saturated carbocycles. The number of nitrogens with one attached hydrogen (secondary N) is 2. The molecular formula is C15H17N3O3. The van der Waals surface area contributed by atoms with Gasteiger partial charge in [0.15, 0.2) is 0 Å². The molecule has 0 spiro atoms. The Hall–Kier alpha value is -2.39. The number of amides is 2. The molecule has 6 nitrogen and oxygen atoms in total. The van der Waals surface area contributed by atoms with Gasteiger partial charge in [0.05, 0.1) is 6.07 Å². The number of carbonyl (C=O) groups is 2. The summed E-state index contributed by atoms with van der Waals surface area (Å²) in [7, 11) is 0. The fraction of sp³-hybridized carbons (Fsp3) is 0.400. The van der Waals surface area contributed by atoms with E-state index in [1.807, 2.05) is 12.1 Å². The Morgan fingerprint density at radius 2 is 2.10 bits per heavy atom. The second-order valence-corrected chi connectivity index (χ2v) is 4.80. The van der Waals surface area contributed by atoms with Gasteiger partial charge in [-0.2, -0.15) is 5.26 Å². The van der Waals surface area contributed by atoms with E-state index < -0.39 is 0 Å². The monoisotopic (exact) mass is 287 g/mol. The van der Waals surface area contributed by atoms with E-state index in [4.69, 9.17) is 10.00 Å². The van der Waals surface area contributed by atoms with Crippen LogP contribution in [0, 0.1) is 11.3 Å².